The molecule has 0 aliphatic carbocycles. The smallest absolute Gasteiger partial charge is 0.224 e. The molecule has 1 atom stereocenters. The second-order valence-electron chi connectivity index (χ2n) is 5.69. The topological polar surface area (TPSA) is 45.2 Å². The summed E-state index contributed by atoms with van der Waals surface area (Å²) >= 11 is 0. The summed E-state index contributed by atoms with van der Waals surface area (Å²) in [7, 11) is 0. The first kappa shape index (κ1) is 14.8. The fraction of sp³-hybridized carbons (Fsp3) is 0.412. The molecule has 0 unspecified atom stereocenters. The Morgan fingerprint density at radius 2 is 2.23 bits per heavy atom. The predicted molar refractivity (Wildman–Crippen MR) is 85.3 cm³/mol. The van der Waals surface area contributed by atoms with Crippen molar-refractivity contribution in [2.45, 2.75) is 19.8 Å². The zero-order chi connectivity index (χ0) is 15.5. The number of piperidine rings is 1. The monoisotopic (exact) mass is 301 g/mol. The normalized spacial score (nSPS) is 18.5. The first-order valence-corrected chi connectivity index (χ1v) is 7.76. The van der Waals surface area contributed by atoms with E-state index in [2.05, 4.69) is 15.2 Å². The van der Waals surface area contributed by atoms with Crippen LogP contribution in [0.1, 0.15) is 19.8 Å². The molecular formula is C17H20FN3O. The highest BCUT2D eigenvalue weighted by Crippen LogP contribution is 2.24. The average Bonchev–Trinajstić information content (AvgIpc) is 2.54. The van der Waals surface area contributed by atoms with E-state index in [0.29, 0.717) is 18.6 Å². The summed E-state index contributed by atoms with van der Waals surface area (Å²) in [6, 6.07) is 8.52. The van der Waals surface area contributed by atoms with Crippen molar-refractivity contribution in [2.75, 3.05) is 24.5 Å². The van der Waals surface area contributed by atoms with Gasteiger partial charge in [0.15, 0.2) is 0 Å². The third kappa shape index (κ3) is 3.03. The molecule has 1 aliphatic heterocycles. The summed E-state index contributed by atoms with van der Waals surface area (Å²) in [5.74, 6) is 0.640. The molecule has 2 heterocycles. The number of halogens is 1. The fourth-order valence-corrected chi connectivity index (χ4v) is 2.97. The highest BCUT2D eigenvalue weighted by molar-refractivity contribution is 5.81. The third-order valence-corrected chi connectivity index (χ3v) is 4.11. The van der Waals surface area contributed by atoms with Crippen LogP contribution >= 0.6 is 0 Å². The summed E-state index contributed by atoms with van der Waals surface area (Å²) in [4.78, 5) is 18.7. The zero-order valence-corrected chi connectivity index (χ0v) is 12.7. The van der Waals surface area contributed by atoms with Crippen molar-refractivity contribution < 1.29 is 9.18 Å². The number of fused-ring (bicyclic) bond motifs is 1. The lowest BCUT2D eigenvalue weighted by atomic mass is 9.97. The molecule has 1 saturated heterocycles. The summed E-state index contributed by atoms with van der Waals surface area (Å²) in [5.41, 5.74) is 0.651. The Balaban J connectivity index is 1.82. The van der Waals surface area contributed by atoms with E-state index < -0.39 is 0 Å². The number of aromatic nitrogens is 1. The second kappa shape index (κ2) is 6.30. The average molecular weight is 301 g/mol. The molecule has 1 aromatic heterocycles. The molecule has 3 rings (SSSR count). The molecule has 0 bridgehead atoms. The van der Waals surface area contributed by atoms with Crippen molar-refractivity contribution in [3.8, 4) is 0 Å². The molecule has 4 nitrogen and oxygen atoms in total. The van der Waals surface area contributed by atoms with Crippen molar-refractivity contribution in [3.05, 3.63) is 36.1 Å². The van der Waals surface area contributed by atoms with Gasteiger partial charge in [-0.2, -0.15) is 0 Å². The maximum atomic E-state index is 13.4. The molecule has 1 N–H and O–H groups in total. The highest BCUT2D eigenvalue weighted by Gasteiger charge is 2.26. The number of hydrogen-bond acceptors (Lipinski definition) is 3. The van der Waals surface area contributed by atoms with E-state index in [0.717, 1.165) is 30.6 Å². The number of hydrogen-bond donors (Lipinski definition) is 1. The van der Waals surface area contributed by atoms with E-state index in [1.807, 2.05) is 19.1 Å². The van der Waals surface area contributed by atoms with Gasteiger partial charge in [0.05, 0.1) is 11.4 Å². The first-order chi connectivity index (χ1) is 10.7. The van der Waals surface area contributed by atoms with E-state index in [1.165, 1.54) is 12.1 Å². The minimum absolute atomic E-state index is 0.00120. The van der Waals surface area contributed by atoms with Gasteiger partial charge < -0.3 is 10.2 Å². The van der Waals surface area contributed by atoms with Gasteiger partial charge in [0.1, 0.15) is 11.6 Å². The number of amides is 1. The number of carbonyl (C=O) groups is 1. The Kier molecular flexibility index (Phi) is 4.22. The predicted octanol–water partition coefficient (Wildman–Crippen LogP) is 2.73. The molecule has 0 spiro atoms. The Morgan fingerprint density at radius 1 is 1.41 bits per heavy atom. The molecule has 2 aromatic rings. The lowest BCUT2D eigenvalue weighted by Crippen LogP contribution is -2.43. The standard InChI is InChI=1S/C17H20FN3O/c1-2-19-17(22)13-4-3-9-21(11-13)16-8-6-12-5-7-14(18)10-15(12)20-16/h5-8,10,13H,2-4,9,11H2,1H3,(H,19,22)/t13-/m0/s1. The molecule has 1 aromatic carbocycles. The largest absolute Gasteiger partial charge is 0.356 e. The van der Waals surface area contributed by atoms with Crippen LogP contribution in [0.5, 0.6) is 0 Å². The Morgan fingerprint density at radius 3 is 3.05 bits per heavy atom. The van der Waals surface area contributed by atoms with Gasteiger partial charge in [-0.05, 0) is 44.0 Å². The fourth-order valence-electron chi connectivity index (χ4n) is 2.97. The maximum absolute atomic E-state index is 13.4. The lowest BCUT2D eigenvalue weighted by molar-refractivity contribution is -0.125. The van der Waals surface area contributed by atoms with E-state index in [9.17, 15) is 9.18 Å². The molecule has 22 heavy (non-hydrogen) atoms. The van der Waals surface area contributed by atoms with Crippen LogP contribution in [0.3, 0.4) is 0 Å². The minimum atomic E-state index is -0.281. The van der Waals surface area contributed by atoms with Gasteiger partial charge in [0.25, 0.3) is 0 Å². The molecule has 1 fully saturated rings. The Bertz CT molecular complexity index is 689. The van der Waals surface area contributed by atoms with E-state index in [-0.39, 0.29) is 17.6 Å². The van der Waals surface area contributed by atoms with Crippen LogP contribution < -0.4 is 10.2 Å². The zero-order valence-electron chi connectivity index (χ0n) is 12.7. The summed E-state index contributed by atoms with van der Waals surface area (Å²) in [6.45, 7) is 4.13. The SMILES string of the molecule is CCNC(=O)[C@H]1CCCN(c2ccc3ccc(F)cc3n2)C1. The number of carbonyl (C=O) groups excluding carboxylic acids is 1. The van der Waals surface area contributed by atoms with Crippen LogP contribution in [-0.2, 0) is 4.79 Å². The number of benzene rings is 1. The van der Waals surface area contributed by atoms with Gasteiger partial charge in [-0.3, -0.25) is 4.79 Å². The van der Waals surface area contributed by atoms with Gasteiger partial charge in [-0.15, -0.1) is 0 Å². The number of pyridine rings is 1. The van der Waals surface area contributed by atoms with Crippen molar-refractivity contribution in [2.24, 2.45) is 5.92 Å². The van der Waals surface area contributed by atoms with Crippen LogP contribution in [-0.4, -0.2) is 30.5 Å². The molecule has 1 amide bonds. The van der Waals surface area contributed by atoms with E-state index in [1.54, 1.807) is 6.07 Å². The lowest BCUT2D eigenvalue weighted by Gasteiger charge is -2.33. The van der Waals surface area contributed by atoms with Crippen molar-refractivity contribution in [3.63, 3.8) is 0 Å². The summed E-state index contributed by atoms with van der Waals surface area (Å²) in [6.07, 6.45) is 1.87. The van der Waals surface area contributed by atoms with Crippen LogP contribution in [0.15, 0.2) is 30.3 Å². The molecule has 0 saturated carbocycles. The molecule has 116 valence electrons. The van der Waals surface area contributed by atoms with Crippen LogP contribution in [0.4, 0.5) is 10.2 Å². The third-order valence-electron chi connectivity index (χ3n) is 4.11. The molecule has 5 heteroatoms. The van der Waals surface area contributed by atoms with E-state index in [4.69, 9.17) is 0 Å². The number of nitrogens with one attached hydrogen (secondary N) is 1. The number of nitrogens with zero attached hydrogens (tertiary/aromatic N) is 2. The summed E-state index contributed by atoms with van der Waals surface area (Å²) in [5, 5.41) is 3.81. The van der Waals surface area contributed by atoms with Crippen LogP contribution in [0.2, 0.25) is 0 Å². The Labute approximate surface area is 129 Å². The molecule has 0 radical (unpaired) electrons. The van der Waals surface area contributed by atoms with Crippen molar-refractivity contribution in [1.82, 2.24) is 10.3 Å². The van der Waals surface area contributed by atoms with Crippen LogP contribution in [0, 0.1) is 11.7 Å². The quantitative estimate of drug-likeness (QED) is 0.948. The van der Waals surface area contributed by atoms with Gasteiger partial charge in [-0.25, -0.2) is 9.37 Å². The Hall–Kier alpha value is -2.17. The number of rotatable bonds is 3. The van der Waals surface area contributed by atoms with Crippen molar-refractivity contribution >= 4 is 22.6 Å². The molecule has 1 aliphatic rings. The van der Waals surface area contributed by atoms with Crippen molar-refractivity contribution in [1.29, 1.82) is 0 Å². The van der Waals surface area contributed by atoms with Gasteiger partial charge in [0.2, 0.25) is 5.91 Å². The van der Waals surface area contributed by atoms with Gasteiger partial charge in [-0.1, -0.05) is 0 Å². The maximum Gasteiger partial charge on any atom is 0.224 e. The highest BCUT2D eigenvalue weighted by atomic mass is 19.1. The second-order valence-corrected chi connectivity index (χ2v) is 5.69. The van der Waals surface area contributed by atoms with Gasteiger partial charge in [0, 0.05) is 31.1 Å². The number of anilines is 1. The van der Waals surface area contributed by atoms with E-state index >= 15 is 0 Å². The summed E-state index contributed by atoms with van der Waals surface area (Å²) < 4.78 is 13.4. The first-order valence-electron chi connectivity index (χ1n) is 7.76. The molecular weight excluding hydrogens is 281 g/mol. The minimum Gasteiger partial charge on any atom is -0.356 e. The van der Waals surface area contributed by atoms with Crippen LogP contribution in [0.25, 0.3) is 10.9 Å². The van der Waals surface area contributed by atoms with Gasteiger partial charge >= 0.3 is 0 Å².